The van der Waals surface area contributed by atoms with Gasteiger partial charge in [0.15, 0.2) is 0 Å². The lowest BCUT2D eigenvalue weighted by Crippen LogP contribution is -2.36. The van der Waals surface area contributed by atoms with Gasteiger partial charge >= 0.3 is 5.97 Å². The summed E-state index contributed by atoms with van der Waals surface area (Å²) in [5.41, 5.74) is 0.749. The standard InChI is InChI=1S/C16H15BrN2O6S/c1-10-3-4-13(19(22)23)8-15(10)26(24,25)18(9-16(20)21)12-5-6-14(17)11(2)7-12/h3-8H,9H2,1-2H3,(H,20,21). The third kappa shape index (κ3) is 4.02. The fourth-order valence-electron chi connectivity index (χ4n) is 2.32. The van der Waals surface area contributed by atoms with Gasteiger partial charge < -0.3 is 5.11 Å². The number of anilines is 1. The molecule has 2 rings (SSSR count). The summed E-state index contributed by atoms with van der Waals surface area (Å²) in [6.45, 7) is 2.41. The maximum absolute atomic E-state index is 13.1. The highest BCUT2D eigenvalue weighted by molar-refractivity contribution is 9.10. The first-order chi connectivity index (χ1) is 12.0. The quantitative estimate of drug-likeness (QED) is 0.541. The maximum atomic E-state index is 13.1. The number of sulfonamides is 1. The number of carbonyl (C=O) groups is 1. The van der Waals surface area contributed by atoms with Crippen molar-refractivity contribution in [3.8, 4) is 0 Å². The van der Waals surface area contributed by atoms with Gasteiger partial charge in [-0.3, -0.25) is 19.2 Å². The maximum Gasteiger partial charge on any atom is 0.324 e. The second-order valence-corrected chi connectivity index (χ2v) is 8.23. The zero-order chi connectivity index (χ0) is 19.6. The van der Waals surface area contributed by atoms with Crippen LogP contribution in [-0.4, -0.2) is 31.0 Å². The number of hydrogen-bond acceptors (Lipinski definition) is 5. The zero-order valence-electron chi connectivity index (χ0n) is 13.8. The van der Waals surface area contributed by atoms with E-state index in [9.17, 15) is 23.3 Å². The van der Waals surface area contributed by atoms with Gasteiger partial charge in [0.1, 0.15) is 6.54 Å². The number of hydrogen-bond donors (Lipinski definition) is 1. The van der Waals surface area contributed by atoms with Crippen LogP contribution < -0.4 is 4.31 Å². The van der Waals surface area contributed by atoms with Crippen LogP contribution in [0.15, 0.2) is 45.8 Å². The Morgan fingerprint density at radius 2 is 1.85 bits per heavy atom. The number of rotatable bonds is 6. The van der Waals surface area contributed by atoms with E-state index in [-0.39, 0.29) is 16.1 Å². The SMILES string of the molecule is Cc1cc(N(CC(=O)O)S(=O)(=O)c2cc([N+](=O)[O-])ccc2C)ccc1Br. The molecule has 0 heterocycles. The Kier molecular flexibility index (Phi) is 5.67. The molecule has 0 unspecified atom stereocenters. The molecule has 0 saturated heterocycles. The molecule has 0 aliphatic heterocycles. The highest BCUT2D eigenvalue weighted by atomic mass is 79.9. The van der Waals surface area contributed by atoms with Crippen LogP contribution in [-0.2, 0) is 14.8 Å². The number of aryl methyl sites for hydroxylation is 2. The molecule has 0 fully saturated rings. The lowest BCUT2D eigenvalue weighted by Gasteiger charge is -2.24. The van der Waals surface area contributed by atoms with Crippen LogP contribution in [0.3, 0.4) is 0 Å². The molecule has 0 spiro atoms. The summed E-state index contributed by atoms with van der Waals surface area (Å²) in [4.78, 5) is 21.2. The van der Waals surface area contributed by atoms with Crippen molar-refractivity contribution in [3.05, 3.63) is 62.1 Å². The van der Waals surface area contributed by atoms with E-state index in [1.54, 1.807) is 13.0 Å². The average Bonchev–Trinajstić information content (AvgIpc) is 2.55. The predicted molar refractivity (Wildman–Crippen MR) is 98.9 cm³/mol. The molecular formula is C16H15BrN2O6S. The molecule has 0 aliphatic carbocycles. The van der Waals surface area contributed by atoms with E-state index >= 15 is 0 Å². The fraction of sp³-hybridized carbons (Fsp3) is 0.188. The molecule has 26 heavy (non-hydrogen) atoms. The smallest absolute Gasteiger partial charge is 0.324 e. The molecule has 0 aliphatic rings. The van der Waals surface area contributed by atoms with E-state index in [0.717, 1.165) is 14.8 Å². The van der Waals surface area contributed by atoms with Crippen LogP contribution in [0.25, 0.3) is 0 Å². The summed E-state index contributed by atoms with van der Waals surface area (Å²) in [5.74, 6) is -1.35. The number of nitro groups is 1. The van der Waals surface area contributed by atoms with E-state index in [2.05, 4.69) is 15.9 Å². The van der Waals surface area contributed by atoms with Crippen LogP contribution in [0.4, 0.5) is 11.4 Å². The van der Waals surface area contributed by atoms with Crippen LogP contribution in [0.2, 0.25) is 0 Å². The average molecular weight is 443 g/mol. The highest BCUT2D eigenvalue weighted by Crippen LogP contribution is 2.30. The van der Waals surface area contributed by atoms with Crippen LogP contribution in [0.1, 0.15) is 11.1 Å². The van der Waals surface area contributed by atoms with E-state index in [0.29, 0.717) is 5.56 Å². The second-order valence-electron chi connectivity index (χ2n) is 5.55. The lowest BCUT2D eigenvalue weighted by atomic mass is 10.2. The minimum absolute atomic E-state index is 0.152. The Labute approximate surface area is 158 Å². The summed E-state index contributed by atoms with van der Waals surface area (Å²) in [7, 11) is -4.33. The van der Waals surface area contributed by atoms with Gasteiger partial charge in [-0.15, -0.1) is 0 Å². The Balaban J connectivity index is 2.67. The summed E-state index contributed by atoms with van der Waals surface area (Å²) < 4.78 is 27.6. The number of carboxylic acids is 1. The lowest BCUT2D eigenvalue weighted by molar-refractivity contribution is -0.385. The van der Waals surface area contributed by atoms with Crippen molar-refractivity contribution < 1.29 is 23.2 Å². The van der Waals surface area contributed by atoms with Crippen LogP contribution in [0.5, 0.6) is 0 Å². The molecule has 0 atom stereocenters. The van der Waals surface area contributed by atoms with Gasteiger partial charge in [0.05, 0.1) is 15.5 Å². The summed E-state index contributed by atoms with van der Waals surface area (Å²) in [6, 6.07) is 8.04. The number of carboxylic acid groups (broad SMARTS) is 1. The van der Waals surface area contributed by atoms with Gasteiger partial charge in [-0.2, -0.15) is 0 Å². The van der Waals surface area contributed by atoms with Crippen molar-refractivity contribution >= 4 is 43.3 Å². The molecule has 1 N–H and O–H groups in total. The second kappa shape index (κ2) is 7.42. The number of nitro benzene ring substituents is 1. The molecular weight excluding hydrogens is 428 g/mol. The molecule has 10 heteroatoms. The van der Waals surface area contributed by atoms with Crippen molar-refractivity contribution in [2.45, 2.75) is 18.7 Å². The molecule has 0 saturated carbocycles. The third-order valence-electron chi connectivity index (χ3n) is 3.66. The van der Waals surface area contributed by atoms with E-state index in [1.165, 1.54) is 31.2 Å². The number of nitrogens with zero attached hydrogens (tertiary/aromatic N) is 2. The molecule has 8 nitrogen and oxygen atoms in total. The first-order valence-electron chi connectivity index (χ1n) is 7.29. The Hall–Kier alpha value is -2.46. The summed E-state index contributed by atoms with van der Waals surface area (Å²) >= 11 is 3.30. The Morgan fingerprint density at radius 3 is 2.38 bits per heavy atom. The fourth-order valence-corrected chi connectivity index (χ4v) is 4.22. The largest absolute Gasteiger partial charge is 0.480 e. The van der Waals surface area contributed by atoms with Gasteiger partial charge in [-0.1, -0.05) is 22.0 Å². The van der Waals surface area contributed by atoms with Gasteiger partial charge in [0, 0.05) is 16.6 Å². The monoisotopic (exact) mass is 442 g/mol. The Bertz CT molecular complexity index is 990. The molecule has 138 valence electrons. The molecule has 0 aromatic heterocycles. The highest BCUT2D eigenvalue weighted by Gasteiger charge is 2.30. The first kappa shape index (κ1) is 19.9. The van der Waals surface area contributed by atoms with Gasteiger partial charge in [0.25, 0.3) is 15.7 Å². The molecule has 2 aromatic carbocycles. The normalized spacial score (nSPS) is 11.2. The molecule has 2 aromatic rings. The summed E-state index contributed by atoms with van der Waals surface area (Å²) in [6.07, 6.45) is 0. The number of non-ortho nitro benzene ring substituents is 1. The molecule has 0 bridgehead atoms. The molecule has 0 radical (unpaired) electrons. The first-order valence-corrected chi connectivity index (χ1v) is 9.53. The zero-order valence-corrected chi connectivity index (χ0v) is 16.2. The number of aliphatic carboxylic acids is 1. The van der Waals surface area contributed by atoms with E-state index < -0.39 is 33.1 Å². The van der Waals surface area contributed by atoms with Crippen molar-refractivity contribution in [2.24, 2.45) is 0 Å². The number of halogens is 1. The van der Waals surface area contributed by atoms with Crippen molar-refractivity contribution in [1.82, 2.24) is 0 Å². The third-order valence-corrected chi connectivity index (χ3v) is 6.46. The van der Waals surface area contributed by atoms with Gasteiger partial charge in [-0.25, -0.2) is 8.42 Å². The van der Waals surface area contributed by atoms with Crippen molar-refractivity contribution in [1.29, 1.82) is 0 Å². The van der Waals surface area contributed by atoms with Gasteiger partial charge in [0.2, 0.25) is 0 Å². The van der Waals surface area contributed by atoms with Crippen molar-refractivity contribution in [3.63, 3.8) is 0 Å². The minimum Gasteiger partial charge on any atom is -0.480 e. The minimum atomic E-state index is -4.33. The predicted octanol–water partition coefficient (Wildman–Crippen LogP) is 3.25. The van der Waals surface area contributed by atoms with Crippen LogP contribution in [0, 0.1) is 24.0 Å². The molecule has 0 amide bonds. The number of benzene rings is 2. The summed E-state index contributed by atoms with van der Waals surface area (Å²) in [5, 5.41) is 20.2. The topological polar surface area (TPSA) is 118 Å². The van der Waals surface area contributed by atoms with E-state index in [4.69, 9.17) is 5.11 Å². The van der Waals surface area contributed by atoms with Crippen LogP contribution >= 0.6 is 15.9 Å². The van der Waals surface area contributed by atoms with Crippen molar-refractivity contribution in [2.75, 3.05) is 10.8 Å². The van der Waals surface area contributed by atoms with Gasteiger partial charge in [-0.05, 0) is 43.2 Å². The van der Waals surface area contributed by atoms with E-state index in [1.807, 2.05) is 0 Å². The Morgan fingerprint density at radius 1 is 1.19 bits per heavy atom.